The second-order valence-electron chi connectivity index (χ2n) is 8.91. The van der Waals surface area contributed by atoms with Crippen molar-refractivity contribution >= 4 is 0 Å². The van der Waals surface area contributed by atoms with Crippen LogP contribution in [0.5, 0.6) is 11.5 Å². The predicted octanol–water partition coefficient (Wildman–Crippen LogP) is 4.70. The average molecular weight is 420 g/mol. The lowest BCUT2D eigenvalue weighted by Crippen LogP contribution is -2.62. The molecule has 30 heavy (non-hydrogen) atoms. The highest BCUT2D eigenvalue weighted by Crippen LogP contribution is 2.62. The molecule has 1 heterocycles. The highest BCUT2D eigenvalue weighted by molar-refractivity contribution is 5.60. The van der Waals surface area contributed by atoms with Gasteiger partial charge in [-0.25, -0.2) is 0 Å². The summed E-state index contributed by atoms with van der Waals surface area (Å²) in [6, 6.07) is 4.22. The van der Waals surface area contributed by atoms with Crippen molar-refractivity contribution in [3.05, 3.63) is 23.3 Å². The molecule has 2 fully saturated rings. The zero-order valence-corrected chi connectivity index (χ0v) is 20.0. The van der Waals surface area contributed by atoms with Gasteiger partial charge in [0.1, 0.15) is 0 Å². The Morgan fingerprint density at radius 3 is 2.30 bits per heavy atom. The lowest BCUT2D eigenvalue weighted by Gasteiger charge is -2.52. The lowest BCUT2D eigenvalue weighted by molar-refractivity contribution is -0.283. The first-order valence-corrected chi connectivity index (χ1v) is 11.7. The van der Waals surface area contributed by atoms with Gasteiger partial charge in [0.15, 0.2) is 17.6 Å². The normalized spacial score (nSPS) is 29.4. The molecule has 0 amide bonds. The monoisotopic (exact) mass is 419 g/mol. The second kappa shape index (κ2) is 9.46. The van der Waals surface area contributed by atoms with Gasteiger partial charge >= 0.3 is 0 Å². The summed E-state index contributed by atoms with van der Waals surface area (Å²) in [5.74, 6) is 2.68. The Kier molecular flexibility index (Phi) is 7.36. The highest BCUT2D eigenvalue weighted by atomic mass is 16.7. The van der Waals surface area contributed by atoms with Crippen LogP contribution < -0.4 is 14.8 Å². The quantitative estimate of drug-likeness (QED) is 0.701. The third kappa shape index (κ3) is 3.74. The van der Waals surface area contributed by atoms with E-state index in [0.29, 0.717) is 5.92 Å². The number of rotatable bonds is 5. The van der Waals surface area contributed by atoms with Gasteiger partial charge in [-0.1, -0.05) is 26.8 Å². The highest BCUT2D eigenvalue weighted by Gasteiger charge is 2.65. The van der Waals surface area contributed by atoms with Crippen LogP contribution in [0.25, 0.3) is 0 Å². The first kappa shape index (κ1) is 23.4. The first-order chi connectivity index (χ1) is 14.5. The van der Waals surface area contributed by atoms with Gasteiger partial charge < -0.3 is 24.3 Å². The minimum Gasteiger partial charge on any atom is -0.493 e. The minimum absolute atomic E-state index is 0.0677. The smallest absolute Gasteiger partial charge is 0.206 e. The van der Waals surface area contributed by atoms with Crippen molar-refractivity contribution < 1.29 is 18.9 Å². The summed E-state index contributed by atoms with van der Waals surface area (Å²) < 4.78 is 23.7. The Morgan fingerprint density at radius 2 is 1.77 bits per heavy atom. The van der Waals surface area contributed by atoms with E-state index in [2.05, 4.69) is 18.3 Å². The minimum atomic E-state index is -0.677. The standard InChI is InChI=1S/C18H24O4.C5H11N.C2H6/c1-17-12-7-5-11-6-8-13(19-2)15(14(11)17)22-16(17)18(20-3,21-4)10-9-12;1-6-4-5-2-3-5;1-2/h6,8,12,16H,5,7,9-10H2,1-4H3;5-6H,2-4H2,1H3;1-2H3. The number of ether oxygens (including phenoxy) is 4. The molecule has 5 heteroatoms. The van der Waals surface area contributed by atoms with Crippen molar-refractivity contribution in [3.63, 3.8) is 0 Å². The fraction of sp³-hybridized carbons (Fsp3) is 0.760. The molecule has 1 aromatic rings. The number of hydrogen-bond donors (Lipinski definition) is 1. The van der Waals surface area contributed by atoms with E-state index in [1.54, 1.807) is 21.3 Å². The van der Waals surface area contributed by atoms with Crippen molar-refractivity contribution in [1.29, 1.82) is 0 Å². The third-order valence-electron chi connectivity index (χ3n) is 7.48. The summed E-state index contributed by atoms with van der Waals surface area (Å²) in [6.07, 6.45) is 7.10. The Hall–Kier alpha value is -1.30. The van der Waals surface area contributed by atoms with Crippen molar-refractivity contribution in [2.45, 2.75) is 76.6 Å². The molecule has 5 nitrogen and oxygen atoms in total. The molecule has 1 aromatic carbocycles. The third-order valence-corrected chi connectivity index (χ3v) is 7.48. The van der Waals surface area contributed by atoms with Gasteiger partial charge in [-0.05, 0) is 69.2 Å². The van der Waals surface area contributed by atoms with Crippen LogP contribution in [-0.2, 0) is 21.3 Å². The first-order valence-electron chi connectivity index (χ1n) is 11.7. The van der Waals surface area contributed by atoms with Crippen molar-refractivity contribution in [2.75, 3.05) is 34.9 Å². The maximum Gasteiger partial charge on any atom is 0.206 e. The molecule has 3 unspecified atom stereocenters. The Morgan fingerprint density at radius 1 is 1.07 bits per heavy atom. The molecule has 0 radical (unpaired) electrons. The zero-order valence-electron chi connectivity index (χ0n) is 20.0. The summed E-state index contributed by atoms with van der Waals surface area (Å²) in [7, 11) is 7.16. The van der Waals surface area contributed by atoms with Crippen molar-refractivity contribution in [2.24, 2.45) is 11.8 Å². The van der Waals surface area contributed by atoms with Crippen LogP contribution in [0.4, 0.5) is 0 Å². The largest absolute Gasteiger partial charge is 0.493 e. The van der Waals surface area contributed by atoms with Gasteiger partial charge in [-0.15, -0.1) is 0 Å². The summed E-state index contributed by atoms with van der Waals surface area (Å²) in [4.78, 5) is 0. The molecule has 4 aliphatic rings. The molecule has 3 aliphatic carbocycles. The molecular weight excluding hydrogens is 378 g/mol. The summed E-state index contributed by atoms with van der Waals surface area (Å²) in [5.41, 5.74) is 2.65. The summed E-state index contributed by atoms with van der Waals surface area (Å²) in [6.45, 7) is 7.56. The molecule has 1 aliphatic heterocycles. The van der Waals surface area contributed by atoms with Crippen LogP contribution in [0.1, 0.15) is 64.0 Å². The van der Waals surface area contributed by atoms with Crippen molar-refractivity contribution in [1.82, 2.24) is 5.32 Å². The van der Waals surface area contributed by atoms with Gasteiger partial charge in [-0.2, -0.15) is 0 Å². The van der Waals surface area contributed by atoms with E-state index < -0.39 is 5.79 Å². The fourth-order valence-electron chi connectivity index (χ4n) is 5.71. The van der Waals surface area contributed by atoms with Crippen LogP contribution in [0, 0.1) is 11.8 Å². The van der Waals surface area contributed by atoms with Gasteiger partial charge in [0, 0.05) is 31.6 Å². The van der Waals surface area contributed by atoms with Crippen LogP contribution in [-0.4, -0.2) is 46.8 Å². The fourth-order valence-corrected chi connectivity index (χ4v) is 5.71. The van der Waals surface area contributed by atoms with E-state index in [1.165, 1.54) is 36.9 Å². The maximum absolute atomic E-state index is 6.45. The Labute approximate surface area is 182 Å². The predicted molar refractivity (Wildman–Crippen MR) is 121 cm³/mol. The van der Waals surface area contributed by atoms with Crippen LogP contribution in [0.3, 0.4) is 0 Å². The molecule has 5 rings (SSSR count). The average Bonchev–Trinajstić information content (AvgIpc) is 3.54. The van der Waals surface area contributed by atoms with Gasteiger partial charge in [0.05, 0.1) is 7.11 Å². The Balaban J connectivity index is 0.000000273. The molecule has 2 saturated carbocycles. The number of nitrogens with one attached hydrogen (secondary N) is 1. The topological polar surface area (TPSA) is 49.0 Å². The molecule has 1 N–H and O–H groups in total. The molecule has 170 valence electrons. The van der Waals surface area contributed by atoms with Gasteiger partial charge in [0.25, 0.3) is 0 Å². The van der Waals surface area contributed by atoms with Crippen molar-refractivity contribution in [3.8, 4) is 11.5 Å². The van der Waals surface area contributed by atoms with Crippen LogP contribution in [0.2, 0.25) is 0 Å². The molecule has 0 aromatic heterocycles. The number of aryl methyl sites for hydroxylation is 1. The van der Waals surface area contributed by atoms with E-state index in [-0.39, 0.29) is 11.5 Å². The molecule has 0 bridgehead atoms. The maximum atomic E-state index is 6.45. The SMILES string of the molecule is CC.CNCC1CC1.COc1ccc2c3c1OC1C(OC)(OC)CCC(CC2)C31C. The van der Waals surface area contributed by atoms with Gasteiger partial charge in [0.2, 0.25) is 5.79 Å². The summed E-state index contributed by atoms with van der Waals surface area (Å²) >= 11 is 0. The molecule has 0 spiro atoms. The van der Waals surface area contributed by atoms with E-state index in [1.807, 2.05) is 27.0 Å². The zero-order chi connectivity index (χ0) is 21.9. The number of hydrogen-bond acceptors (Lipinski definition) is 5. The number of methoxy groups -OCH3 is 3. The molecular formula is C25H41NO4. The molecule has 0 saturated heterocycles. The van der Waals surface area contributed by atoms with E-state index >= 15 is 0 Å². The number of benzene rings is 1. The van der Waals surface area contributed by atoms with E-state index in [9.17, 15) is 0 Å². The lowest BCUT2D eigenvalue weighted by atomic mass is 9.56. The second-order valence-corrected chi connectivity index (χ2v) is 8.91. The van der Waals surface area contributed by atoms with E-state index in [4.69, 9.17) is 18.9 Å². The van der Waals surface area contributed by atoms with E-state index in [0.717, 1.165) is 36.7 Å². The van der Waals surface area contributed by atoms with Crippen LogP contribution in [0.15, 0.2) is 12.1 Å². The van der Waals surface area contributed by atoms with Crippen LogP contribution >= 0.6 is 0 Å². The Bertz CT molecular complexity index is 713. The summed E-state index contributed by atoms with van der Waals surface area (Å²) in [5, 5.41) is 3.13. The molecule has 3 atom stereocenters. The van der Waals surface area contributed by atoms with Gasteiger partial charge in [-0.3, -0.25) is 0 Å².